The quantitative estimate of drug-likeness (QED) is 0.488. The summed E-state index contributed by atoms with van der Waals surface area (Å²) in [7, 11) is 0. The lowest BCUT2D eigenvalue weighted by molar-refractivity contribution is 0.315. The average molecular weight is 312 g/mol. The molecule has 6 heteroatoms. The highest BCUT2D eigenvalue weighted by Gasteiger charge is 2.05. The van der Waals surface area contributed by atoms with E-state index in [2.05, 4.69) is 49.7 Å². The van der Waals surface area contributed by atoms with Gasteiger partial charge in [0.1, 0.15) is 22.1 Å². The first kappa shape index (κ1) is 14.6. The van der Waals surface area contributed by atoms with E-state index in [0.29, 0.717) is 0 Å². The molecule has 0 aliphatic heterocycles. The standard InChI is InChI=1S/C8H8N2O.C8H8N2S/c2*1-5-3-4-6(2)8-7(5)9-11-10-8/h2*3-4H,1-2H3. The number of hydrogen-bond donors (Lipinski definition) is 0. The van der Waals surface area contributed by atoms with Crippen LogP contribution in [-0.4, -0.2) is 19.1 Å². The zero-order chi connectivity index (χ0) is 15.7. The van der Waals surface area contributed by atoms with E-state index >= 15 is 0 Å². The van der Waals surface area contributed by atoms with E-state index in [0.717, 1.165) is 33.2 Å². The first-order valence-electron chi connectivity index (χ1n) is 6.95. The molecule has 0 N–H and O–H groups in total. The van der Waals surface area contributed by atoms with Gasteiger partial charge in [-0.05, 0) is 60.3 Å². The van der Waals surface area contributed by atoms with Crippen molar-refractivity contribution in [3.8, 4) is 0 Å². The molecule has 0 radical (unpaired) electrons. The molecular formula is C16H16N4OS. The van der Waals surface area contributed by atoms with Crippen LogP contribution in [0.5, 0.6) is 0 Å². The highest BCUT2D eigenvalue weighted by atomic mass is 32.1. The minimum Gasteiger partial charge on any atom is -0.243 e. The van der Waals surface area contributed by atoms with Crippen molar-refractivity contribution in [1.29, 1.82) is 0 Å². The molecule has 0 aliphatic carbocycles. The summed E-state index contributed by atoms with van der Waals surface area (Å²) in [5.74, 6) is 0. The number of hydrogen-bond acceptors (Lipinski definition) is 6. The smallest absolute Gasteiger partial charge is 0.138 e. The lowest BCUT2D eigenvalue weighted by atomic mass is 10.1. The Kier molecular flexibility index (Phi) is 3.85. The maximum Gasteiger partial charge on any atom is 0.138 e. The second-order valence-electron chi connectivity index (χ2n) is 5.32. The van der Waals surface area contributed by atoms with E-state index < -0.39 is 0 Å². The Hall–Kier alpha value is -2.34. The summed E-state index contributed by atoms with van der Waals surface area (Å²) in [6, 6.07) is 8.20. The molecule has 2 aromatic carbocycles. The van der Waals surface area contributed by atoms with Gasteiger partial charge in [-0.1, -0.05) is 24.3 Å². The van der Waals surface area contributed by atoms with Crippen LogP contribution in [0.2, 0.25) is 0 Å². The third kappa shape index (κ3) is 2.57. The minimum atomic E-state index is 0.866. The summed E-state index contributed by atoms with van der Waals surface area (Å²) >= 11 is 1.28. The summed E-state index contributed by atoms with van der Waals surface area (Å²) in [6.07, 6.45) is 0. The molecule has 112 valence electrons. The Morgan fingerprint density at radius 3 is 1.41 bits per heavy atom. The molecule has 4 aromatic rings. The lowest BCUT2D eigenvalue weighted by Gasteiger charge is -1.94. The van der Waals surface area contributed by atoms with Crippen LogP contribution in [0.25, 0.3) is 22.1 Å². The number of benzene rings is 2. The Labute approximate surface area is 132 Å². The van der Waals surface area contributed by atoms with Gasteiger partial charge in [0.25, 0.3) is 0 Å². The molecule has 0 spiro atoms. The normalized spacial score (nSPS) is 10.7. The second-order valence-corrected chi connectivity index (χ2v) is 5.85. The molecule has 2 aromatic heterocycles. The van der Waals surface area contributed by atoms with Gasteiger partial charge in [0.15, 0.2) is 0 Å². The van der Waals surface area contributed by atoms with Crippen molar-refractivity contribution < 1.29 is 4.63 Å². The van der Waals surface area contributed by atoms with Gasteiger partial charge in [-0.3, -0.25) is 0 Å². The zero-order valence-electron chi connectivity index (χ0n) is 12.9. The highest BCUT2D eigenvalue weighted by Crippen LogP contribution is 2.19. The monoisotopic (exact) mass is 312 g/mol. The average Bonchev–Trinajstić information content (AvgIpc) is 3.17. The van der Waals surface area contributed by atoms with Crippen LogP contribution in [0.4, 0.5) is 0 Å². The minimum absolute atomic E-state index is 0.866. The first-order chi connectivity index (χ1) is 10.6. The van der Waals surface area contributed by atoms with E-state index in [4.69, 9.17) is 0 Å². The predicted molar refractivity (Wildman–Crippen MR) is 88.2 cm³/mol. The van der Waals surface area contributed by atoms with Crippen LogP contribution < -0.4 is 0 Å². The molecule has 5 nitrogen and oxygen atoms in total. The molecular weight excluding hydrogens is 296 g/mol. The lowest BCUT2D eigenvalue weighted by Crippen LogP contribution is -1.79. The summed E-state index contributed by atoms with van der Waals surface area (Å²) in [5, 5.41) is 7.59. The Bertz CT molecular complexity index is 792. The summed E-state index contributed by atoms with van der Waals surface area (Å²) in [6.45, 7) is 8.10. The number of aromatic nitrogens is 4. The van der Waals surface area contributed by atoms with Crippen LogP contribution in [0.15, 0.2) is 28.9 Å². The molecule has 0 saturated heterocycles. The maximum atomic E-state index is 4.63. The highest BCUT2D eigenvalue weighted by molar-refractivity contribution is 7.00. The van der Waals surface area contributed by atoms with Crippen molar-refractivity contribution in [2.24, 2.45) is 0 Å². The molecule has 0 saturated carbocycles. The number of rotatable bonds is 0. The molecule has 4 rings (SSSR count). The molecule has 0 bridgehead atoms. The SMILES string of the molecule is Cc1ccc(C)c2nonc12.Cc1ccc(C)c2nsnc12. The molecule has 0 atom stereocenters. The van der Waals surface area contributed by atoms with E-state index in [9.17, 15) is 0 Å². The van der Waals surface area contributed by atoms with Gasteiger partial charge in [0, 0.05) is 0 Å². The molecule has 0 amide bonds. The molecule has 22 heavy (non-hydrogen) atoms. The second kappa shape index (κ2) is 5.81. The van der Waals surface area contributed by atoms with Crippen LogP contribution in [-0.2, 0) is 0 Å². The fourth-order valence-electron chi connectivity index (χ4n) is 2.23. The van der Waals surface area contributed by atoms with Gasteiger partial charge in [0.05, 0.1) is 11.7 Å². The fraction of sp³-hybridized carbons (Fsp3) is 0.250. The number of aryl methyl sites for hydroxylation is 4. The van der Waals surface area contributed by atoms with Crippen LogP contribution >= 0.6 is 11.7 Å². The first-order valence-corrected chi connectivity index (χ1v) is 7.68. The molecule has 2 heterocycles. The van der Waals surface area contributed by atoms with E-state index in [1.807, 2.05) is 26.0 Å². The summed E-state index contributed by atoms with van der Waals surface area (Å²) < 4.78 is 13.0. The van der Waals surface area contributed by atoms with Crippen LogP contribution in [0.1, 0.15) is 22.3 Å². The number of fused-ring (bicyclic) bond motifs is 2. The van der Waals surface area contributed by atoms with Crippen LogP contribution in [0.3, 0.4) is 0 Å². The largest absolute Gasteiger partial charge is 0.243 e. The van der Waals surface area contributed by atoms with Gasteiger partial charge < -0.3 is 0 Å². The van der Waals surface area contributed by atoms with Gasteiger partial charge in [-0.2, -0.15) is 8.75 Å². The summed E-state index contributed by atoms with van der Waals surface area (Å²) in [4.78, 5) is 0. The van der Waals surface area contributed by atoms with Gasteiger partial charge in [0.2, 0.25) is 0 Å². The summed E-state index contributed by atoms with van der Waals surface area (Å²) in [5.41, 5.74) is 8.46. The number of nitrogens with zero attached hydrogens (tertiary/aromatic N) is 4. The topological polar surface area (TPSA) is 64.7 Å². The maximum absolute atomic E-state index is 4.63. The van der Waals surface area contributed by atoms with E-state index in [1.54, 1.807) is 0 Å². The molecule has 0 aliphatic rings. The Morgan fingerprint density at radius 1 is 0.636 bits per heavy atom. The van der Waals surface area contributed by atoms with Crippen molar-refractivity contribution in [1.82, 2.24) is 19.1 Å². The predicted octanol–water partition coefficient (Wildman–Crippen LogP) is 4.15. The Morgan fingerprint density at radius 2 is 1.00 bits per heavy atom. The third-order valence-electron chi connectivity index (χ3n) is 3.64. The van der Waals surface area contributed by atoms with Crippen LogP contribution in [0, 0.1) is 27.7 Å². The van der Waals surface area contributed by atoms with Crippen molar-refractivity contribution in [3.05, 3.63) is 46.5 Å². The van der Waals surface area contributed by atoms with Crippen molar-refractivity contribution >= 4 is 33.8 Å². The Balaban J connectivity index is 0.000000131. The van der Waals surface area contributed by atoms with Gasteiger partial charge in [-0.25, -0.2) is 4.63 Å². The third-order valence-corrected chi connectivity index (χ3v) is 4.17. The van der Waals surface area contributed by atoms with E-state index in [-0.39, 0.29) is 0 Å². The van der Waals surface area contributed by atoms with Gasteiger partial charge >= 0.3 is 0 Å². The zero-order valence-corrected chi connectivity index (χ0v) is 13.7. The molecule has 0 fully saturated rings. The molecule has 0 unspecified atom stereocenters. The van der Waals surface area contributed by atoms with E-state index in [1.165, 1.54) is 22.9 Å². The fourth-order valence-corrected chi connectivity index (χ4v) is 2.89. The van der Waals surface area contributed by atoms with Crippen molar-refractivity contribution in [2.75, 3.05) is 0 Å². The van der Waals surface area contributed by atoms with Gasteiger partial charge in [-0.15, -0.1) is 0 Å². The van der Waals surface area contributed by atoms with Crippen molar-refractivity contribution in [3.63, 3.8) is 0 Å². The van der Waals surface area contributed by atoms with Crippen molar-refractivity contribution in [2.45, 2.75) is 27.7 Å².